The van der Waals surface area contributed by atoms with E-state index < -0.39 is 11.4 Å². The number of carbonyl (C=O) groups excluding carboxylic acids is 2. The van der Waals surface area contributed by atoms with Crippen LogP contribution in [-0.4, -0.2) is 44.6 Å². The van der Waals surface area contributed by atoms with Gasteiger partial charge < -0.3 is 9.64 Å². The molecule has 0 aromatic carbocycles. The van der Waals surface area contributed by atoms with Crippen molar-refractivity contribution in [1.29, 1.82) is 0 Å². The number of aromatic nitrogens is 3. The summed E-state index contributed by atoms with van der Waals surface area (Å²) in [6.07, 6.45) is 4.62. The van der Waals surface area contributed by atoms with Gasteiger partial charge in [-0.25, -0.2) is 4.79 Å². The maximum atomic E-state index is 13.2. The van der Waals surface area contributed by atoms with Crippen LogP contribution in [0.2, 0.25) is 0 Å². The maximum absolute atomic E-state index is 13.2. The molecular formula is C22H28N4O3. The number of rotatable bonds is 5. The largest absolute Gasteiger partial charge is 0.459 e. The number of hydrogen-bond donors (Lipinski definition) is 1. The van der Waals surface area contributed by atoms with Crippen molar-refractivity contribution in [3.05, 3.63) is 53.2 Å². The minimum atomic E-state index is -0.493. The lowest BCUT2D eigenvalue weighted by Crippen LogP contribution is -2.37. The van der Waals surface area contributed by atoms with Gasteiger partial charge in [0, 0.05) is 35.6 Å². The van der Waals surface area contributed by atoms with Crippen LogP contribution < -0.4 is 0 Å². The number of ether oxygens (including phenoxy) is 1. The second kappa shape index (κ2) is 8.19. The van der Waals surface area contributed by atoms with Gasteiger partial charge >= 0.3 is 5.97 Å². The van der Waals surface area contributed by atoms with Gasteiger partial charge in [0.1, 0.15) is 17.0 Å². The lowest BCUT2D eigenvalue weighted by molar-refractivity contribution is -0.140. The van der Waals surface area contributed by atoms with Crippen LogP contribution in [0, 0.1) is 0 Å². The Hall–Kier alpha value is -2.96. The van der Waals surface area contributed by atoms with Crippen molar-refractivity contribution >= 4 is 17.4 Å². The number of pyridine rings is 1. The van der Waals surface area contributed by atoms with Gasteiger partial charge in [0.05, 0.1) is 6.10 Å². The van der Waals surface area contributed by atoms with E-state index in [-0.39, 0.29) is 17.6 Å². The molecule has 0 saturated carbocycles. The van der Waals surface area contributed by atoms with Crippen LogP contribution in [0.3, 0.4) is 0 Å². The summed E-state index contributed by atoms with van der Waals surface area (Å²) in [5, 5.41) is 7.56. The van der Waals surface area contributed by atoms with E-state index in [4.69, 9.17) is 4.74 Å². The number of carbonyl (C=O) groups is 2. The third-order valence-corrected chi connectivity index (χ3v) is 4.83. The molecule has 0 saturated heterocycles. The lowest BCUT2D eigenvalue weighted by atomic mass is 9.81. The molecule has 0 spiro atoms. The van der Waals surface area contributed by atoms with Crippen molar-refractivity contribution in [2.24, 2.45) is 0 Å². The van der Waals surface area contributed by atoms with Crippen LogP contribution in [0.25, 0.3) is 5.57 Å². The Morgan fingerprint density at radius 1 is 1.31 bits per heavy atom. The van der Waals surface area contributed by atoms with Crippen molar-refractivity contribution in [3.8, 4) is 0 Å². The molecule has 3 heterocycles. The summed E-state index contributed by atoms with van der Waals surface area (Å²) in [4.78, 5) is 31.8. The quantitative estimate of drug-likeness (QED) is 0.782. The average Bonchev–Trinajstić information content (AvgIpc) is 3.04. The number of nitrogens with one attached hydrogen (secondary N) is 1. The minimum absolute atomic E-state index is 0.264. The Morgan fingerprint density at radius 3 is 2.69 bits per heavy atom. The summed E-state index contributed by atoms with van der Waals surface area (Å²) in [7, 11) is 0. The van der Waals surface area contributed by atoms with Crippen molar-refractivity contribution in [2.75, 3.05) is 6.54 Å². The Bertz CT molecular complexity index is 929. The van der Waals surface area contributed by atoms with Crippen LogP contribution in [0.4, 0.5) is 0 Å². The molecule has 29 heavy (non-hydrogen) atoms. The predicted molar refractivity (Wildman–Crippen MR) is 110 cm³/mol. The van der Waals surface area contributed by atoms with E-state index in [2.05, 4.69) is 36.0 Å². The highest BCUT2D eigenvalue weighted by molar-refractivity contribution is 6.17. The van der Waals surface area contributed by atoms with Gasteiger partial charge in [-0.05, 0) is 32.4 Å². The van der Waals surface area contributed by atoms with Gasteiger partial charge in [-0.2, -0.15) is 5.10 Å². The summed E-state index contributed by atoms with van der Waals surface area (Å²) in [5.41, 5.74) is 2.69. The number of nitrogens with zero attached hydrogens (tertiary/aromatic N) is 3. The highest BCUT2D eigenvalue weighted by Gasteiger charge is 2.38. The number of H-pyrrole nitrogens is 1. The van der Waals surface area contributed by atoms with Crippen molar-refractivity contribution in [2.45, 2.75) is 59.0 Å². The third kappa shape index (κ3) is 4.23. The summed E-state index contributed by atoms with van der Waals surface area (Å²) >= 11 is 0. The first kappa shape index (κ1) is 20.8. The molecule has 7 heteroatoms. The molecule has 0 unspecified atom stereocenters. The van der Waals surface area contributed by atoms with Gasteiger partial charge in [0.15, 0.2) is 0 Å². The first-order valence-corrected chi connectivity index (χ1v) is 9.97. The molecule has 2 aromatic rings. The van der Waals surface area contributed by atoms with Crippen molar-refractivity contribution in [1.82, 2.24) is 20.1 Å². The summed E-state index contributed by atoms with van der Waals surface area (Å²) in [6, 6.07) is 5.20. The number of aromatic amines is 1. The number of hydrogen-bond acceptors (Lipinski definition) is 5. The maximum Gasteiger partial charge on any atom is 0.342 e. The van der Waals surface area contributed by atoms with Crippen molar-refractivity contribution < 1.29 is 14.3 Å². The number of esters is 1. The second-order valence-corrected chi connectivity index (χ2v) is 8.20. The minimum Gasteiger partial charge on any atom is -0.459 e. The average molecular weight is 396 g/mol. The summed E-state index contributed by atoms with van der Waals surface area (Å²) in [5.74, 6) is -0.757. The van der Waals surface area contributed by atoms with Gasteiger partial charge in [0.25, 0.3) is 5.91 Å². The number of aryl methyl sites for hydroxylation is 1. The highest BCUT2D eigenvalue weighted by atomic mass is 16.5. The van der Waals surface area contributed by atoms with Crippen LogP contribution >= 0.6 is 0 Å². The van der Waals surface area contributed by atoms with Gasteiger partial charge in [-0.15, -0.1) is 0 Å². The van der Waals surface area contributed by atoms with Gasteiger partial charge in [0.2, 0.25) is 0 Å². The fraction of sp³-hybridized carbons (Fsp3) is 0.455. The molecule has 1 aliphatic rings. The zero-order valence-electron chi connectivity index (χ0n) is 17.7. The van der Waals surface area contributed by atoms with Crippen LogP contribution in [-0.2, 0) is 21.4 Å². The molecule has 1 amide bonds. The van der Waals surface area contributed by atoms with Crippen LogP contribution in [0.5, 0.6) is 0 Å². The molecule has 1 aliphatic heterocycles. The summed E-state index contributed by atoms with van der Waals surface area (Å²) < 4.78 is 5.46. The van der Waals surface area contributed by atoms with E-state index in [0.717, 1.165) is 24.1 Å². The fourth-order valence-electron chi connectivity index (χ4n) is 3.69. The molecule has 0 radical (unpaired) electrons. The lowest BCUT2D eigenvalue weighted by Gasteiger charge is -2.29. The predicted octanol–water partition coefficient (Wildman–Crippen LogP) is 3.48. The van der Waals surface area contributed by atoms with E-state index in [9.17, 15) is 9.59 Å². The Morgan fingerprint density at radius 2 is 2.07 bits per heavy atom. The molecule has 7 nitrogen and oxygen atoms in total. The molecule has 0 bridgehead atoms. The fourth-order valence-corrected chi connectivity index (χ4v) is 3.69. The standard InChI is InChI=1S/C22H28N4O3/c1-6-9-16-18-19(25-24-16)15(21(28)29-14(2)3)12-26(13-22(18,4)5)20(27)17-10-7-8-11-23-17/h7-8,10-12,14H,6,9,13H2,1-5H3,(H,24,25). The monoisotopic (exact) mass is 396 g/mol. The first-order valence-electron chi connectivity index (χ1n) is 9.97. The van der Waals surface area contributed by atoms with Crippen LogP contribution in [0.15, 0.2) is 30.6 Å². The van der Waals surface area contributed by atoms with E-state index in [1.54, 1.807) is 49.3 Å². The second-order valence-electron chi connectivity index (χ2n) is 8.20. The summed E-state index contributed by atoms with van der Waals surface area (Å²) in [6.45, 7) is 10.2. The number of fused-ring (bicyclic) bond motifs is 1. The zero-order chi connectivity index (χ0) is 21.2. The highest BCUT2D eigenvalue weighted by Crippen LogP contribution is 2.37. The van der Waals surface area contributed by atoms with Gasteiger partial charge in [-0.3, -0.25) is 14.9 Å². The van der Waals surface area contributed by atoms with Crippen molar-refractivity contribution in [3.63, 3.8) is 0 Å². The Kier molecular flexibility index (Phi) is 5.86. The third-order valence-electron chi connectivity index (χ3n) is 4.83. The molecule has 3 rings (SSSR count). The molecule has 0 atom stereocenters. The molecule has 0 fully saturated rings. The molecular weight excluding hydrogens is 368 g/mol. The van der Waals surface area contributed by atoms with E-state index in [0.29, 0.717) is 17.9 Å². The number of amides is 1. The van der Waals surface area contributed by atoms with E-state index in [1.807, 2.05) is 0 Å². The normalized spacial score (nSPS) is 15.5. The Labute approximate surface area is 171 Å². The topological polar surface area (TPSA) is 88.2 Å². The Balaban J connectivity index is 2.12. The molecule has 0 aliphatic carbocycles. The molecule has 1 N–H and O–H groups in total. The smallest absolute Gasteiger partial charge is 0.342 e. The van der Waals surface area contributed by atoms with E-state index in [1.165, 1.54) is 0 Å². The zero-order valence-corrected chi connectivity index (χ0v) is 17.7. The van der Waals surface area contributed by atoms with E-state index >= 15 is 0 Å². The molecule has 154 valence electrons. The van der Waals surface area contributed by atoms with Gasteiger partial charge in [-0.1, -0.05) is 33.3 Å². The SMILES string of the molecule is CCCc1[nH]nc2c1C(C)(C)CN(C(=O)c1ccccn1)C=C2C(=O)OC(C)C. The first-order chi connectivity index (χ1) is 13.7. The van der Waals surface area contributed by atoms with Crippen LogP contribution in [0.1, 0.15) is 68.5 Å². The molecule has 2 aromatic heterocycles.